The largest absolute Gasteiger partial charge is 0.468 e. The molecule has 1 aliphatic rings. The van der Waals surface area contributed by atoms with Gasteiger partial charge in [-0.1, -0.05) is 13.3 Å². The molecular weight excluding hydrogens is 178 g/mol. The molecule has 0 N–H and O–H groups in total. The van der Waals surface area contributed by atoms with E-state index in [-0.39, 0.29) is 12.0 Å². The van der Waals surface area contributed by atoms with Gasteiger partial charge in [0.2, 0.25) is 0 Å². The van der Waals surface area contributed by atoms with Gasteiger partial charge in [0.1, 0.15) is 6.04 Å². The van der Waals surface area contributed by atoms with Gasteiger partial charge in [-0.25, -0.2) is 0 Å². The molecule has 0 unspecified atom stereocenters. The van der Waals surface area contributed by atoms with Crippen LogP contribution in [0.25, 0.3) is 0 Å². The van der Waals surface area contributed by atoms with Crippen LogP contribution < -0.4 is 0 Å². The average Bonchev–Trinajstić information content (AvgIpc) is 2.21. The van der Waals surface area contributed by atoms with Gasteiger partial charge < -0.3 is 4.74 Å². The average molecular weight is 199 g/mol. The molecule has 0 aromatic rings. The molecule has 1 heterocycles. The lowest BCUT2D eigenvalue weighted by Gasteiger charge is -2.37. The van der Waals surface area contributed by atoms with Crippen LogP contribution in [0.15, 0.2) is 0 Å². The summed E-state index contributed by atoms with van der Waals surface area (Å²) in [5.74, 6) is -0.0822. The first-order valence-corrected chi connectivity index (χ1v) is 5.54. The van der Waals surface area contributed by atoms with Crippen LogP contribution in [0, 0.1) is 0 Å². The monoisotopic (exact) mass is 199 g/mol. The maximum atomic E-state index is 11.5. The number of carbonyl (C=O) groups is 1. The van der Waals surface area contributed by atoms with E-state index in [4.69, 9.17) is 4.74 Å². The molecule has 0 bridgehead atoms. The van der Waals surface area contributed by atoms with Gasteiger partial charge >= 0.3 is 5.97 Å². The SMILES string of the molecule is CC[C@@H](C(=O)OC)N1CCCC[C@@H]1C. The van der Waals surface area contributed by atoms with Crippen LogP contribution in [0.5, 0.6) is 0 Å². The highest BCUT2D eigenvalue weighted by Crippen LogP contribution is 2.21. The van der Waals surface area contributed by atoms with Gasteiger partial charge in [0, 0.05) is 6.04 Å². The van der Waals surface area contributed by atoms with E-state index in [0.717, 1.165) is 13.0 Å². The highest BCUT2D eigenvalue weighted by atomic mass is 16.5. The molecule has 1 aliphatic heterocycles. The van der Waals surface area contributed by atoms with Crippen LogP contribution in [-0.2, 0) is 9.53 Å². The summed E-state index contributed by atoms with van der Waals surface area (Å²) in [7, 11) is 1.47. The Bertz CT molecular complexity index is 194. The summed E-state index contributed by atoms with van der Waals surface area (Å²) in [5, 5.41) is 0. The molecule has 14 heavy (non-hydrogen) atoms. The highest BCUT2D eigenvalue weighted by Gasteiger charge is 2.30. The van der Waals surface area contributed by atoms with E-state index < -0.39 is 0 Å². The number of hydrogen-bond acceptors (Lipinski definition) is 3. The van der Waals surface area contributed by atoms with Crippen LogP contribution in [0.4, 0.5) is 0 Å². The van der Waals surface area contributed by atoms with Crippen LogP contribution >= 0.6 is 0 Å². The van der Waals surface area contributed by atoms with Crippen molar-refractivity contribution in [1.29, 1.82) is 0 Å². The summed E-state index contributed by atoms with van der Waals surface area (Å²) in [6.07, 6.45) is 4.54. The number of likely N-dealkylation sites (tertiary alicyclic amines) is 1. The molecule has 0 radical (unpaired) electrons. The molecule has 1 fully saturated rings. The van der Waals surface area contributed by atoms with Gasteiger partial charge in [-0.3, -0.25) is 9.69 Å². The number of piperidine rings is 1. The van der Waals surface area contributed by atoms with Crippen LogP contribution in [0.1, 0.15) is 39.5 Å². The molecule has 0 spiro atoms. The summed E-state index contributed by atoms with van der Waals surface area (Å²) >= 11 is 0. The van der Waals surface area contributed by atoms with Crippen molar-refractivity contribution < 1.29 is 9.53 Å². The van der Waals surface area contributed by atoms with Gasteiger partial charge in [0.25, 0.3) is 0 Å². The Morgan fingerprint density at radius 2 is 2.29 bits per heavy atom. The van der Waals surface area contributed by atoms with Crippen molar-refractivity contribution in [3.05, 3.63) is 0 Å². The Labute approximate surface area is 86.4 Å². The molecule has 0 amide bonds. The van der Waals surface area contributed by atoms with Gasteiger partial charge in [-0.05, 0) is 32.7 Å². The van der Waals surface area contributed by atoms with Gasteiger partial charge in [-0.15, -0.1) is 0 Å². The fourth-order valence-corrected chi connectivity index (χ4v) is 2.26. The van der Waals surface area contributed by atoms with Gasteiger partial charge in [0.05, 0.1) is 7.11 Å². The number of rotatable bonds is 3. The molecule has 0 saturated carbocycles. The topological polar surface area (TPSA) is 29.5 Å². The van der Waals surface area contributed by atoms with Crippen LogP contribution in [-0.4, -0.2) is 36.6 Å². The normalized spacial score (nSPS) is 25.8. The Morgan fingerprint density at radius 1 is 1.57 bits per heavy atom. The fourth-order valence-electron chi connectivity index (χ4n) is 2.26. The minimum atomic E-state index is -0.0822. The standard InChI is InChI=1S/C11H21NO2/c1-4-10(11(13)14-3)12-8-6-5-7-9(12)2/h9-10H,4-8H2,1-3H3/t9-,10-/m0/s1. The predicted molar refractivity (Wildman–Crippen MR) is 56.1 cm³/mol. The van der Waals surface area contributed by atoms with Crippen molar-refractivity contribution in [2.75, 3.05) is 13.7 Å². The van der Waals surface area contributed by atoms with Crippen LogP contribution in [0.3, 0.4) is 0 Å². The molecule has 1 rings (SSSR count). The van der Waals surface area contributed by atoms with Crippen molar-refractivity contribution in [1.82, 2.24) is 4.90 Å². The second kappa shape index (κ2) is 5.35. The number of nitrogens with zero attached hydrogens (tertiary/aromatic N) is 1. The number of hydrogen-bond donors (Lipinski definition) is 0. The van der Waals surface area contributed by atoms with Crippen molar-refractivity contribution in [3.8, 4) is 0 Å². The van der Waals surface area contributed by atoms with E-state index in [9.17, 15) is 4.79 Å². The van der Waals surface area contributed by atoms with E-state index in [0.29, 0.717) is 6.04 Å². The minimum absolute atomic E-state index is 0.0321. The van der Waals surface area contributed by atoms with E-state index >= 15 is 0 Å². The van der Waals surface area contributed by atoms with Crippen LogP contribution in [0.2, 0.25) is 0 Å². The summed E-state index contributed by atoms with van der Waals surface area (Å²) in [5.41, 5.74) is 0. The summed E-state index contributed by atoms with van der Waals surface area (Å²) in [4.78, 5) is 13.8. The Morgan fingerprint density at radius 3 is 2.79 bits per heavy atom. The number of ether oxygens (including phenoxy) is 1. The lowest BCUT2D eigenvalue weighted by molar-refractivity contribution is -0.148. The third-order valence-electron chi connectivity index (χ3n) is 3.11. The second-order valence-electron chi connectivity index (χ2n) is 4.03. The second-order valence-corrected chi connectivity index (χ2v) is 4.03. The van der Waals surface area contributed by atoms with E-state index in [1.807, 2.05) is 6.92 Å². The molecule has 3 nitrogen and oxygen atoms in total. The van der Waals surface area contributed by atoms with E-state index in [2.05, 4.69) is 11.8 Å². The molecule has 3 heteroatoms. The lowest BCUT2D eigenvalue weighted by atomic mass is 10.00. The van der Waals surface area contributed by atoms with Gasteiger partial charge in [-0.2, -0.15) is 0 Å². The minimum Gasteiger partial charge on any atom is -0.468 e. The molecule has 1 saturated heterocycles. The lowest BCUT2D eigenvalue weighted by Crippen LogP contribution is -2.48. The maximum Gasteiger partial charge on any atom is 0.323 e. The summed E-state index contributed by atoms with van der Waals surface area (Å²) in [6, 6.07) is 0.489. The number of carbonyl (C=O) groups excluding carboxylic acids is 1. The third-order valence-corrected chi connectivity index (χ3v) is 3.11. The zero-order chi connectivity index (χ0) is 10.6. The molecule has 0 aliphatic carbocycles. The first kappa shape index (κ1) is 11.5. The first-order valence-electron chi connectivity index (χ1n) is 5.54. The highest BCUT2D eigenvalue weighted by molar-refractivity contribution is 5.75. The van der Waals surface area contributed by atoms with Crippen molar-refractivity contribution >= 4 is 5.97 Å². The number of esters is 1. The van der Waals surface area contributed by atoms with Crippen molar-refractivity contribution in [3.63, 3.8) is 0 Å². The van der Waals surface area contributed by atoms with E-state index in [1.165, 1.54) is 26.4 Å². The number of methoxy groups -OCH3 is 1. The molecule has 0 aromatic carbocycles. The first-order chi connectivity index (χ1) is 6.70. The molecule has 82 valence electrons. The maximum absolute atomic E-state index is 11.5. The molecule has 2 atom stereocenters. The zero-order valence-electron chi connectivity index (χ0n) is 9.45. The van der Waals surface area contributed by atoms with Crippen molar-refractivity contribution in [2.24, 2.45) is 0 Å². The zero-order valence-corrected chi connectivity index (χ0v) is 9.45. The Kier molecular flexibility index (Phi) is 4.39. The molecular formula is C11H21NO2. The quantitative estimate of drug-likeness (QED) is 0.649. The summed E-state index contributed by atoms with van der Waals surface area (Å²) in [6.45, 7) is 5.28. The third kappa shape index (κ3) is 2.47. The van der Waals surface area contributed by atoms with Gasteiger partial charge in [0.15, 0.2) is 0 Å². The predicted octanol–water partition coefficient (Wildman–Crippen LogP) is 1.81. The van der Waals surface area contributed by atoms with Crippen molar-refractivity contribution in [2.45, 2.75) is 51.6 Å². The Hall–Kier alpha value is -0.570. The summed E-state index contributed by atoms with van der Waals surface area (Å²) < 4.78 is 4.82. The van der Waals surface area contributed by atoms with E-state index in [1.54, 1.807) is 0 Å². The molecule has 0 aromatic heterocycles. The fraction of sp³-hybridized carbons (Fsp3) is 0.909. The smallest absolute Gasteiger partial charge is 0.323 e. The Balaban J connectivity index is 2.61.